The van der Waals surface area contributed by atoms with Crippen LogP contribution in [0.3, 0.4) is 0 Å². The van der Waals surface area contributed by atoms with Gasteiger partial charge in [-0.15, -0.1) is 0 Å². The molecule has 0 fully saturated rings. The predicted octanol–water partition coefficient (Wildman–Crippen LogP) is 2.33. The first-order valence-electron chi connectivity index (χ1n) is 6.87. The lowest BCUT2D eigenvalue weighted by molar-refractivity contribution is -0.384. The highest BCUT2D eigenvalue weighted by Gasteiger charge is 2.28. The van der Waals surface area contributed by atoms with Crippen LogP contribution in [0.15, 0.2) is 24.3 Å². The molecule has 0 aromatic heterocycles. The SMILES string of the molecule is CCOC(=O)CC(=O)C(CC)C(=O)c1cccc([N+](=O)[O-])c1. The standard InChI is InChI=1S/C15H17NO6/c1-3-12(13(17)9-14(18)22-4-2)15(19)10-6-5-7-11(8-10)16(20)21/h5-8,12H,3-4,9H2,1-2H3. The summed E-state index contributed by atoms with van der Waals surface area (Å²) in [4.78, 5) is 45.8. The van der Waals surface area contributed by atoms with Gasteiger partial charge in [-0.3, -0.25) is 24.5 Å². The van der Waals surface area contributed by atoms with Crippen molar-refractivity contribution >= 4 is 23.2 Å². The fraction of sp³-hybridized carbons (Fsp3) is 0.400. The Morgan fingerprint density at radius 3 is 2.50 bits per heavy atom. The molecule has 1 unspecified atom stereocenters. The van der Waals surface area contributed by atoms with Crippen LogP contribution in [0.1, 0.15) is 37.0 Å². The van der Waals surface area contributed by atoms with E-state index < -0.39 is 34.8 Å². The third kappa shape index (κ3) is 4.47. The summed E-state index contributed by atoms with van der Waals surface area (Å²) in [6.45, 7) is 3.42. The Balaban J connectivity index is 2.92. The Morgan fingerprint density at radius 1 is 1.27 bits per heavy atom. The largest absolute Gasteiger partial charge is 0.466 e. The molecule has 7 nitrogen and oxygen atoms in total. The van der Waals surface area contributed by atoms with Crippen LogP contribution in [0, 0.1) is 16.0 Å². The number of Topliss-reactive ketones (excluding diaryl/α,β-unsaturated/α-hetero) is 2. The van der Waals surface area contributed by atoms with E-state index in [2.05, 4.69) is 4.74 Å². The fourth-order valence-electron chi connectivity index (χ4n) is 2.01. The number of ether oxygens (including phenoxy) is 1. The van der Waals surface area contributed by atoms with Gasteiger partial charge in [0.2, 0.25) is 0 Å². The molecule has 1 aromatic rings. The molecule has 0 radical (unpaired) electrons. The summed E-state index contributed by atoms with van der Waals surface area (Å²) in [6.07, 6.45) is -0.271. The maximum Gasteiger partial charge on any atom is 0.313 e. The van der Waals surface area contributed by atoms with Crippen LogP contribution in [0.4, 0.5) is 5.69 Å². The molecule has 0 bridgehead atoms. The molecule has 1 rings (SSSR count). The molecule has 0 amide bonds. The lowest BCUT2D eigenvalue weighted by Crippen LogP contribution is -2.26. The number of carbonyl (C=O) groups excluding carboxylic acids is 3. The van der Waals surface area contributed by atoms with Crippen LogP contribution in [0.2, 0.25) is 0 Å². The highest BCUT2D eigenvalue weighted by molar-refractivity contribution is 6.14. The molecule has 0 spiro atoms. The lowest BCUT2D eigenvalue weighted by atomic mass is 9.90. The summed E-state index contributed by atoms with van der Waals surface area (Å²) in [5.74, 6) is -2.76. The number of non-ortho nitro benzene ring substituents is 1. The number of esters is 1. The third-order valence-electron chi connectivity index (χ3n) is 3.08. The van der Waals surface area contributed by atoms with E-state index in [1.165, 1.54) is 18.2 Å². The Labute approximate surface area is 127 Å². The minimum absolute atomic E-state index is 0.0817. The van der Waals surface area contributed by atoms with E-state index in [4.69, 9.17) is 0 Å². The van der Waals surface area contributed by atoms with Gasteiger partial charge >= 0.3 is 5.97 Å². The highest BCUT2D eigenvalue weighted by Crippen LogP contribution is 2.19. The number of nitro groups is 1. The number of carbonyl (C=O) groups is 3. The first-order chi connectivity index (χ1) is 10.4. The van der Waals surface area contributed by atoms with E-state index in [1.807, 2.05) is 0 Å². The molecule has 0 aliphatic heterocycles. The molecular formula is C15H17NO6. The minimum atomic E-state index is -1.01. The molecule has 1 atom stereocenters. The van der Waals surface area contributed by atoms with Crippen molar-refractivity contribution in [3.63, 3.8) is 0 Å². The maximum absolute atomic E-state index is 12.3. The average molecular weight is 307 g/mol. The quantitative estimate of drug-likeness (QED) is 0.240. The van der Waals surface area contributed by atoms with Crippen LogP contribution >= 0.6 is 0 Å². The van der Waals surface area contributed by atoms with Crippen LogP contribution in [0.25, 0.3) is 0 Å². The van der Waals surface area contributed by atoms with Gasteiger partial charge < -0.3 is 4.74 Å². The normalized spacial score (nSPS) is 11.5. The van der Waals surface area contributed by atoms with E-state index >= 15 is 0 Å². The smallest absolute Gasteiger partial charge is 0.313 e. The molecule has 0 saturated carbocycles. The summed E-state index contributed by atoms with van der Waals surface area (Å²) in [6, 6.07) is 5.18. The summed E-state index contributed by atoms with van der Waals surface area (Å²) in [5, 5.41) is 10.7. The predicted molar refractivity (Wildman–Crippen MR) is 77.5 cm³/mol. The van der Waals surface area contributed by atoms with Crippen molar-refractivity contribution in [3.05, 3.63) is 39.9 Å². The molecule has 118 valence electrons. The minimum Gasteiger partial charge on any atom is -0.466 e. The number of hydrogen-bond donors (Lipinski definition) is 0. The van der Waals surface area contributed by atoms with Gasteiger partial charge in [0.1, 0.15) is 6.42 Å². The van der Waals surface area contributed by atoms with Gasteiger partial charge in [-0.05, 0) is 13.3 Å². The number of rotatable bonds is 8. The fourth-order valence-corrected chi connectivity index (χ4v) is 2.01. The van der Waals surface area contributed by atoms with Crippen molar-refractivity contribution in [2.24, 2.45) is 5.92 Å². The third-order valence-corrected chi connectivity index (χ3v) is 3.08. The lowest BCUT2D eigenvalue weighted by Gasteiger charge is -2.12. The molecule has 1 aromatic carbocycles. The van der Waals surface area contributed by atoms with E-state index in [1.54, 1.807) is 13.8 Å². The van der Waals surface area contributed by atoms with E-state index in [9.17, 15) is 24.5 Å². The second kappa shape index (κ2) is 8.02. The van der Waals surface area contributed by atoms with Crippen LogP contribution in [-0.4, -0.2) is 29.1 Å². The molecule has 0 heterocycles. The Morgan fingerprint density at radius 2 is 1.95 bits per heavy atom. The van der Waals surface area contributed by atoms with Gasteiger partial charge in [0.15, 0.2) is 11.6 Å². The highest BCUT2D eigenvalue weighted by atomic mass is 16.6. The molecule has 0 aliphatic carbocycles. The van der Waals surface area contributed by atoms with Crippen molar-refractivity contribution < 1.29 is 24.0 Å². The second-order valence-corrected chi connectivity index (χ2v) is 4.58. The number of hydrogen-bond acceptors (Lipinski definition) is 6. The zero-order valence-electron chi connectivity index (χ0n) is 12.4. The van der Waals surface area contributed by atoms with Gasteiger partial charge in [-0.2, -0.15) is 0 Å². The van der Waals surface area contributed by atoms with Crippen molar-refractivity contribution in [1.29, 1.82) is 0 Å². The molecule has 22 heavy (non-hydrogen) atoms. The number of nitrogens with zero attached hydrogens (tertiary/aromatic N) is 1. The van der Waals surface area contributed by atoms with Crippen LogP contribution < -0.4 is 0 Å². The van der Waals surface area contributed by atoms with Crippen molar-refractivity contribution in [3.8, 4) is 0 Å². The molecule has 0 saturated heterocycles. The van der Waals surface area contributed by atoms with Crippen molar-refractivity contribution in [1.82, 2.24) is 0 Å². The molecule has 0 aliphatic rings. The van der Waals surface area contributed by atoms with Gasteiger partial charge in [-0.1, -0.05) is 19.1 Å². The number of benzene rings is 1. The first kappa shape index (κ1) is 17.5. The first-order valence-corrected chi connectivity index (χ1v) is 6.87. The Bertz CT molecular complexity index is 595. The maximum atomic E-state index is 12.3. The van der Waals surface area contributed by atoms with Crippen molar-refractivity contribution in [2.45, 2.75) is 26.7 Å². The second-order valence-electron chi connectivity index (χ2n) is 4.58. The van der Waals surface area contributed by atoms with Gasteiger partial charge in [0.05, 0.1) is 17.4 Å². The van der Waals surface area contributed by atoms with Crippen molar-refractivity contribution in [2.75, 3.05) is 6.61 Å². The summed E-state index contributed by atoms with van der Waals surface area (Å²) in [7, 11) is 0. The van der Waals surface area contributed by atoms with Crippen LogP contribution in [-0.2, 0) is 14.3 Å². The van der Waals surface area contributed by atoms with Gasteiger partial charge in [0, 0.05) is 17.7 Å². The molecule has 0 N–H and O–H groups in total. The topological polar surface area (TPSA) is 104 Å². The molecule has 7 heteroatoms. The van der Waals surface area contributed by atoms with E-state index in [-0.39, 0.29) is 24.3 Å². The Hall–Kier alpha value is -2.57. The van der Waals surface area contributed by atoms with E-state index in [0.29, 0.717) is 0 Å². The summed E-state index contributed by atoms with van der Waals surface area (Å²) < 4.78 is 4.68. The van der Waals surface area contributed by atoms with Crippen LogP contribution in [0.5, 0.6) is 0 Å². The Kier molecular flexibility index (Phi) is 6.37. The number of ketones is 2. The monoisotopic (exact) mass is 307 g/mol. The van der Waals surface area contributed by atoms with Gasteiger partial charge in [-0.25, -0.2) is 0 Å². The van der Waals surface area contributed by atoms with Gasteiger partial charge in [0.25, 0.3) is 5.69 Å². The zero-order chi connectivity index (χ0) is 16.7. The summed E-state index contributed by atoms with van der Waals surface area (Å²) in [5.41, 5.74) is -0.142. The zero-order valence-corrected chi connectivity index (χ0v) is 12.4. The molecular weight excluding hydrogens is 290 g/mol. The van der Waals surface area contributed by atoms with E-state index in [0.717, 1.165) is 6.07 Å². The summed E-state index contributed by atoms with van der Waals surface area (Å²) >= 11 is 0. The number of nitro benzene ring substituents is 1. The average Bonchev–Trinajstić information content (AvgIpc) is 2.48.